The van der Waals surface area contributed by atoms with E-state index in [1.807, 2.05) is 0 Å². The highest BCUT2D eigenvalue weighted by atomic mass is 16.5. The van der Waals surface area contributed by atoms with Crippen LogP contribution in [0.4, 0.5) is 5.95 Å². The fourth-order valence-corrected chi connectivity index (χ4v) is 1.40. The number of nitrogens with one attached hydrogen (secondary N) is 1. The molecule has 1 aliphatic heterocycles. The number of methoxy groups -OCH3 is 1. The quantitative estimate of drug-likeness (QED) is 0.646. The third kappa shape index (κ3) is 1.43. The molecule has 6 heteroatoms. The molecule has 0 aliphatic carbocycles. The number of aromatic nitrogens is 3. The summed E-state index contributed by atoms with van der Waals surface area (Å²) in [6, 6.07) is 0. The SMILES string of the molecule is COC(=O)c1nc2n(n1)CC(C)CN2. The van der Waals surface area contributed by atoms with Gasteiger partial charge >= 0.3 is 5.97 Å². The molecule has 0 amide bonds. The van der Waals surface area contributed by atoms with E-state index in [4.69, 9.17) is 0 Å². The summed E-state index contributed by atoms with van der Waals surface area (Å²) in [5, 5.41) is 7.13. The summed E-state index contributed by atoms with van der Waals surface area (Å²) < 4.78 is 6.23. The lowest BCUT2D eigenvalue weighted by atomic mass is 10.1. The first-order valence-electron chi connectivity index (χ1n) is 4.47. The zero-order chi connectivity index (χ0) is 10.1. The average Bonchev–Trinajstić information content (AvgIpc) is 2.59. The van der Waals surface area contributed by atoms with Gasteiger partial charge in [0, 0.05) is 13.1 Å². The van der Waals surface area contributed by atoms with Crippen molar-refractivity contribution in [1.82, 2.24) is 14.8 Å². The lowest BCUT2D eigenvalue weighted by molar-refractivity contribution is 0.0586. The number of fused-ring (bicyclic) bond motifs is 1. The molecule has 2 rings (SSSR count). The summed E-state index contributed by atoms with van der Waals surface area (Å²) >= 11 is 0. The first-order valence-corrected chi connectivity index (χ1v) is 4.47. The second kappa shape index (κ2) is 3.28. The molecule has 2 heterocycles. The molecule has 6 nitrogen and oxygen atoms in total. The maximum atomic E-state index is 11.1. The summed E-state index contributed by atoms with van der Waals surface area (Å²) in [5.74, 6) is 0.753. The minimum atomic E-state index is -0.499. The standard InChI is InChI=1S/C8H12N4O2/c1-5-3-9-8-10-6(7(13)14-2)11-12(8)4-5/h5H,3-4H2,1-2H3,(H,9,10,11). The number of esters is 1. The fraction of sp³-hybridized carbons (Fsp3) is 0.625. The third-order valence-corrected chi connectivity index (χ3v) is 2.13. The van der Waals surface area contributed by atoms with Gasteiger partial charge in [0.15, 0.2) is 0 Å². The van der Waals surface area contributed by atoms with Crippen LogP contribution in [0.3, 0.4) is 0 Å². The molecule has 1 aliphatic rings. The van der Waals surface area contributed by atoms with E-state index < -0.39 is 5.97 Å². The molecular weight excluding hydrogens is 184 g/mol. The van der Waals surface area contributed by atoms with Gasteiger partial charge in [0.1, 0.15) is 0 Å². The summed E-state index contributed by atoms with van der Waals surface area (Å²) in [4.78, 5) is 15.1. The Morgan fingerprint density at radius 3 is 3.21 bits per heavy atom. The number of rotatable bonds is 1. The molecule has 0 fully saturated rings. The van der Waals surface area contributed by atoms with Gasteiger partial charge in [-0.1, -0.05) is 6.92 Å². The molecule has 14 heavy (non-hydrogen) atoms. The van der Waals surface area contributed by atoms with Crippen LogP contribution in [0.15, 0.2) is 0 Å². The molecular formula is C8H12N4O2. The van der Waals surface area contributed by atoms with Crippen LogP contribution in [0, 0.1) is 5.92 Å². The molecule has 1 aromatic rings. The Morgan fingerprint density at radius 2 is 2.50 bits per heavy atom. The van der Waals surface area contributed by atoms with Crippen molar-refractivity contribution >= 4 is 11.9 Å². The molecule has 0 aromatic carbocycles. The summed E-state index contributed by atoms with van der Waals surface area (Å²) in [5.41, 5.74) is 0. The van der Waals surface area contributed by atoms with Gasteiger partial charge in [-0.2, -0.15) is 4.98 Å². The second-order valence-electron chi connectivity index (χ2n) is 3.42. The highest BCUT2D eigenvalue weighted by Crippen LogP contribution is 2.14. The van der Waals surface area contributed by atoms with Gasteiger partial charge < -0.3 is 10.1 Å². The van der Waals surface area contributed by atoms with Crippen LogP contribution >= 0.6 is 0 Å². The number of hydrogen-bond acceptors (Lipinski definition) is 5. The number of nitrogens with zero attached hydrogens (tertiary/aromatic N) is 3. The number of carbonyl (C=O) groups excluding carboxylic acids is 1. The maximum absolute atomic E-state index is 11.1. The monoisotopic (exact) mass is 196 g/mol. The van der Waals surface area contributed by atoms with Crippen molar-refractivity contribution < 1.29 is 9.53 Å². The van der Waals surface area contributed by atoms with Crippen molar-refractivity contribution in [2.75, 3.05) is 19.0 Å². The smallest absolute Gasteiger partial charge is 0.378 e. The number of ether oxygens (including phenoxy) is 1. The summed E-state index contributed by atoms with van der Waals surface area (Å²) in [7, 11) is 1.32. The minimum absolute atomic E-state index is 0.115. The molecule has 1 N–H and O–H groups in total. The van der Waals surface area contributed by atoms with Gasteiger partial charge in [0.25, 0.3) is 5.82 Å². The van der Waals surface area contributed by atoms with E-state index >= 15 is 0 Å². The highest BCUT2D eigenvalue weighted by molar-refractivity contribution is 5.85. The predicted molar refractivity (Wildman–Crippen MR) is 49.0 cm³/mol. The average molecular weight is 196 g/mol. The van der Waals surface area contributed by atoms with Crippen molar-refractivity contribution in [3.05, 3.63) is 5.82 Å². The fourth-order valence-electron chi connectivity index (χ4n) is 1.40. The van der Waals surface area contributed by atoms with Crippen LogP contribution in [0.2, 0.25) is 0 Å². The zero-order valence-electron chi connectivity index (χ0n) is 8.15. The number of carbonyl (C=O) groups is 1. The largest absolute Gasteiger partial charge is 0.463 e. The second-order valence-corrected chi connectivity index (χ2v) is 3.42. The summed E-state index contributed by atoms with van der Waals surface area (Å²) in [6.07, 6.45) is 0. The lowest BCUT2D eigenvalue weighted by Crippen LogP contribution is -2.25. The van der Waals surface area contributed by atoms with Crippen molar-refractivity contribution in [2.45, 2.75) is 13.5 Å². The molecule has 1 unspecified atom stereocenters. The van der Waals surface area contributed by atoms with Gasteiger partial charge in [-0.3, -0.25) is 0 Å². The number of hydrogen-bond donors (Lipinski definition) is 1. The molecule has 0 radical (unpaired) electrons. The Labute approximate surface area is 81.3 Å². The Hall–Kier alpha value is -1.59. The van der Waals surface area contributed by atoms with E-state index in [0.29, 0.717) is 11.9 Å². The van der Waals surface area contributed by atoms with E-state index in [9.17, 15) is 4.79 Å². The lowest BCUT2D eigenvalue weighted by Gasteiger charge is -2.19. The van der Waals surface area contributed by atoms with Gasteiger partial charge in [-0.05, 0) is 5.92 Å². The third-order valence-electron chi connectivity index (χ3n) is 2.13. The van der Waals surface area contributed by atoms with Crippen LogP contribution in [0.5, 0.6) is 0 Å². The van der Waals surface area contributed by atoms with Crippen LogP contribution in [0.1, 0.15) is 17.5 Å². The first kappa shape index (κ1) is 8.98. The molecule has 0 bridgehead atoms. The van der Waals surface area contributed by atoms with Crippen molar-refractivity contribution in [3.63, 3.8) is 0 Å². The van der Waals surface area contributed by atoms with E-state index in [0.717, 1.165) is 13.1 Å². The Morgan fingerprint density at radius 1 is 1.71 bits per heavy atom. The van der Waals surface area contributed by atoms with Crippen LogP contribution in [-0.2, 0) is 11.3 Å². The van der Waals surface area contributed by atoms with Gasteiger partial charge in [0.05, 0.1) is 7.11 Å². The Bertz CT molecular complexity index is 360. The summed E-state index contributed by atoms with van der Waals surface area (Å²) in [6.45, 7) is 3.75. The molecule has 0 saturated carbocycles. The van der Waals surface area contributed by atoms with Crippen LogP contribution in [-0.4, -0.2) is 34.4 Å². The maximum Gasteiger partial charge on any atom is 0.378 e. The first-order chi connectivity index (χ1) is 6.70. The molecule has 1 aromatic heterocycles. The normalized spacial score (nSPS) is 19.7. The van der Waals surface area contributed by atoms with Crippen LogP contribution in [0.25, 0.3) is 0 Å². The minimum Gasteiger partial charge on any atom is -0.463 e. The number of anilines is 1. The van der Waals surface area contributed by atoms with Gasteiger partial charge in [-0.15, -0.1) is 5.10 Å². The van der Waals surface area contributed by atoms with Crippen molar-refractivity contribution in [2.24, 2.45) is 5.92 Å². The molecule has 0 spiro atoms. The molecule has 76 valence electrons. The van der Waals surface area contributed by atoms with Crippen molar-refractivity contribution in [1.29, 1.82) is 0 Å². The highest BCUT2D eigenvalue weighted by Gasteiger charge is 2.21. The van der Waals surface area contributed by atoms with E-state index in [1.54, 1.807) is 4.68 Å². The van der Waals surface area contributed by atoms with E-state index in [2.05, 4.69) is 27.1 Å². The Balaban J connectivity index is 2.27. The van der Waals surface area contributed by atoms with E-state index in [-0.39, 0.29) is 5.82 Å². The Kier molecular flexibility index (Phi) is 2.11. The topological polar surface area (TPSA) is 69.0 Å². The molecule has 1 atom stereocenters. The van der Waals surface area contributed by atoms with E-state index in [1.165, 1.54) is 7.11 Å². The van der Waals surface area contributed by atoms with Gasteiger partial charge in [-0.25, -0.2) is 9.48 Å². The molecule has 0 saturated heterocycles. The van der Waals surface area contributed by atoms with Gasteiger partial charge in [0.2, 0.25) is 5.95 Å². The zero-order valence-corrected chi connectivity index (χ0v) is 8.15. The van der Waals surface area contributed by atoms with Crippen molar-refractivity contribution in [3.8, 4) is 0 Å². The van der Waals surface area contributed by atoms with Crippen LogP contribution < -0.4 is 5.32 Å². The predicted octanol–water partition coefficient (Wildman–Crippen LogP) is 0.126.